The van der Waals surface area contributed by atoms with E-state index in [9.17, 15) is 4.79 Å². The molecule has 1 aliphatic heterocycles. The van der Waals surface area contributed by atoms with E-state index in [-0.39, 0.29) is 5.91 Å². The normalized spacial score (nSPS) is 16.3. The number of nitrogens with one attached hydrogen (secondary N) is 1. The second-order valence-electron chi connectivity index (χ2n) is 4.48. The standard InChI is InChI=1S/C13H19N3O2/c1-18-12-8-10(7-11(14)9-12)13(17)15-16-5-3-2-4-6-16/h7-9H,2-6,14H2,1H3,(H,15,17). The Hall–Kier alpha value is -1.75. The third kappa shape index (κ3) is 3.13. The van der Waals surface area contributed by atoms with Crippen LogP contribution in [0.2, 0.25) is 0 Å². The van der Waals surface area contributed by atoms with E-state index in [1.165, 1.54) is 6.42 Å². The van der Waals surface area contributed by atoms with E-state index in [2.05, 4.69) is 5.43 Å². The topological polar surface area (TPSA) is 67.6 Å². The number of amides is 1. The number of rotatable bonds is 3. The van der Waals surface area contributed by atoms with E-state index in [1.54, 1.807) is 25.3 Å². The number of hydrazine groups is 1. The largest absolute Gasteiger partial charge is 0.497 e. The van der Waals surface area contributed by atoms with Crippen LogP contribution in [0, 0.1) is 0 Å². The van der Waals surface area contributed by atoms with Gasteiger partial charge in [-0.2, -0.15) is 0 Å². The van der Waals surface area contributed by atoms with E-state index >= 15 is 0 Å². The number of nitrogens with zero attached hydrogens (tertiary/aromatic N) is 1. The number of nitrogen functional groups attached to an aromatic ring is 1. The smallest absolute Gasteiger partial charge is 0.265 e. The van der Waals surface area contributed by atoms with Gasteiger partial charge in [0, 0.05) is 30.4 Å². The molecule has 98 valence electrons. The molecule has 5 heteroatoms. The van der Waals surface area contributed by atoms with Crippen molar-refractivity contribution in [1.29, 1.82) is 0 Å². The molecule has 0 saturated carbocycles. The van der Waals surface area contributed by atoms with Gasteiger partial charge in [-0.15, -0.1) is 0 Å². The number of benzene rings is 1. The number of anilines is 1. The first-order chi connectivity index (χ1) is 8.69. The molecule has 3 N–H and O–H groups in total. The minimum atomic E-state index is -0.137. The molecular formula is C13H19N3O2. The van der Waals surface area contributed by atoms with E-state index in [1.807, 2.05) is 5.01 Å². The van der Waals surface area contributed by atoms with Gasteiger partial charge in [0.15, 0.2) is 0 Å². The van der Waals surface area contributed by atoms with E-state index in [0.717, 1.165) is 25.9 Å². The fourth-order valence-corrected chi connectivity index (χ4v) is 2.08. The Kier molecular flexibility index (Phi) is 4.04. The highest BCUT2D eigenvalue weighted by Gasteiger charge is 2.14. The van der Waals surface area contributed by atoms with Crippen LogP contribution in [0.4, 0.5) is 5.69 Å². The highest BCUT2D eigenvalue weighted by atomic mass is 16.5. The Labute approximate surface area is 107 Å². The molecule has 0 aromatic heterocycles. The van der Waals surface area contributed by atoms with Gasteiger partial charge in [0.05, 0.1) is 7.11 Å². The number of ether oxygens (including phenoxy) is 1. The summed E-state index contributed by atoms with van der Waals surface area (Å²) < 4.78 is 5.10. The maximum Gasteiger partial charge on any atom is 0.265 e. The summed E-state index contributed by atoms with van der Waals surface area (Å²) in [6.07, 6.45) is 3.49. The number of carbonyl (C=O) groups is 1. The average molecular weight is 249 g/mol. The third-order valence-electron chi connectivity index (χ3n) is 3.04. The fourth-order valence-electron chi connectivity index (χ4n) is 2.08. The molecule has 18 heavy (non-hydrogen) atoms. The molecule has 1 aromatic carbocycles. The Bertz CT molecular complexity index is 428. The van der Waals surface area contributed by atoms with Crippen molar-refractivity contribution in [3.63, 3.8) is 0 Å². The van der Waals surface area contributed by atoms with Gasteiger partial charge in [-0.05, 0) is 25.0 Å². The van der Waals surface area contributed by atoms with Crippen LogP contribution < -0.4 is 15.9 Å². The predicted octanol–water partition coefficient (Wildman–Crippen LogP) is 1.41. The van der Waals surface area contributed by atoms with Crippen LogP contribution in [-0.4, -0.2) is 31.1 Å². The molecule has 1 saturated heterocycles. The average Bonchev–Trinajstić information content (AvgIpc) is 2.39. The van der Waals surface area contributed by atoms with Crippen LogP contribution in [-0.2, 0) is 0 Å². The molecule has 0 aliphatic carbocycles. The summed E-state index contributed by atoms with van der Waals surface area (Å²) in [5.41, 5.74) is 9.68. The summed E-state index contributed by atoms with van der Waals surface area (Å²) in [4.78, 5) is 12.1. The lowest BCUT2D eigenvalue weighted by Gasteiger charge is -2.26. The molecule has 5 nitrogen and oxygen atoms in total. The lowest BCUT2D eigenvalue weighted by molar-refractivity contribution is 0.0750. The van der Waals surface area contributed by atoms with Gasteiger partial charge in [0.2, 0.25) is 0 Å². The summed E-state index contributed by atoms with van der Waals surface area (Å²) in [6, 6.07) is 5.04. The number of hydrogen-bond donors (Lipinski definition) is 2. The number of carbonyl (C=O) groups excluding carboxylic acids is 1. The van der Waals surface area contributed by atoms with Crippen molar-refractivity contribution in [3.8, 4) is 5.75 Å². The second-order valence-corrected chi connectivity index (χ2v) is 4.48. The molecule has 0 bridgehead atoms. The zero-order chi connectivity index (χ0) is 13.0. The zero-order valence-electron chi connectivity index (χ0n) is 10.6. The fraction of sp³-hybridized carbons (Fsp3) is 0.462. The van der Waals surface area contributed by atoms with Gasteiger partial charge in [-0.3, -0.25) is 10.2 Å². The molecule has 0 unspecified atom stereocenters. The van der Waals surface area contributed by atoms with Crippen molar-refractivity contribution >= 4 is 11.6 Å². The monoisotopic (exact) mass is 249 g/mol. The second kappa shape index (κ2) is 5.73. The highest BCUT2D eigenvalue weighted by molar-refractivity contribution is 5.95. The van der Waals surface area contributed by atoms with Gasteiger partial charge in [0.25, 0.3) is 5.91 Å². The lowest BCUT2D eigenvalue weighted by atomic mass is 10.1. The number of methoxy groups -OCH3 is 1. The molecule has 0 atom stereocenters. The van der Waals surface area contributed by atoms with Crippen LogP contribution in [0.3, 0.4) is 0 Å². The van der Waals surface area contributed by atoms with Crippen LogP contribution in [0.25, 0.3) is 0 Å². The lowest BCUT2D eigenvalue weighted by Crippen LogP contribution is -2.45. The van der Waals surface area contributed by atoms with Gasteiger partial charge in [0.1, 0.15) is 5.75 Å². The van der Waals surface area contributed by atoms with Crippen molar-refractivity contribution in [1.82, 2.24) is 10.4 Å². The maximum atomic E-state index is 12.1. The van der Waals surface area contributed by atoms with E-state index in [4.69, 9.17) is 10.5 Å². The third-order valence-corrected chi connectivity index (χ3v) is 3.04. The first-order valence-corrected chi connectivity index (χ1v) is 6.19. The van der Waals surface area contributed by atoms with Crippen molar-refractivity contribution in [2.45, 2.75) is 19.3 Å². The molecule has 1 heterocycles. The summed E-state index contributed by atoms with van der Waals surface area (Å²) in [7, 11) is 1.56. The summed E-state index contributed by atoms with van der Waals surface area (Å²) in [5.74, 6) is 0.460. The molecule has 1 amide bonds. The van der Waals surface area contributed by atoms with Crippen molar-refractivity contribution in [2.24, 2.45) is 0 Å². The molecule has 0 spiro atoms. The molecule has 1 aliphatic rings. The van der Waals surface area contributed by atoms with E-state index in [0.29, 0.717) is 17.0 Å². The zero-order valence-corrected chi connectivity index (χ0v) is 10.6. The minimum absolute atomic E-state index is 0.137. The molecule has 0 radical (unpaired) electrons. The van der Waals surface area contributed by atoms with Crippen molar-refractivity contribution in [2.75, 3.05) is 25.9 Å². The Balaban J connectivity index is 2.05. The van der Waals surface area contributed by atoms with Gasteiger partial charge in [-0.25, -0.2) is 5.01 Å². The summed E-state index contributed by atoms with van der Waals surface area (Å²) >= 11 is 0. The number of hydrogen-bond acceptors (Lipinski definition) is 4. The minimum Gasteiger partial charge on any atom is -0.497 e. The van der Waals surface area contributed by atoms with E-state index < -0.39 is 0 Å². The SMILES string of the molecule is COc1cc(N)cc(C(=O)NN2CCCCC2)c1. The number of nitrogens with two attached hydrogens (primary N) is 1. The quantitative estimate of drug-likeness (QED) is 0.795. The molecule has 1 fully saturated rings. The Morgan fingerprint density at radius 2 is 2.00 bits per heavy atom. The van der Waals surface area contributed by atoms with Crippen LogP contribution in [0.5, 0.6) is 5.75 Å². The van der Waals surface area contributed by atoms with Crippen LogP contribution in [0.1, 0.15) is 29.6 Å². The van der Waals surface area contributed by atoms with Gasteiger partial charge >= 0.3 is 0 Å². The molecule has 2 rings (SSSR count). The highest BCUT2D eigenvalue weighted by Crippen LogP contribution is 2.18. The Morgan fingerprint density at radius 1 is 1.28 bits per heavy atom. The van der Waals surface area contributed by atoms with Gasteiger partial charge < -0.3 is 10.5 Å². The van der Waals surface area contributed by atoms with Gasteiger partial charge in [-0.1, -0.05) is 6.42 Å². The molecular weight excluding hydrogens is 230 g/mol. The summed E-state index contributed by atoms with van der Waals surface area (Å²) in [6.45, 7) is 1.82. The predicted molar refractivity (Wildman–Crippen MR) is 70.3 cm³/mol. The number of piperidine rings is 1. The first-order valence-electron chi connectivity index (χ1n) is 6.19. The first kappa shape index (κ1) is 12.7. The molecule has 1 aromatic rings. The Morgan fingerprint density at radius 3 is 2.67 bits per heavy atom. The maximum absolute atomic E-state index is 12.1. The van der Waals surface area contributed by atoms with Crippen LogP contribution >= 0.6 is 0 Å². The van der Waals surface area contributed by atoms with Crippen molar-refractivity contribution < 1.29 is 9.53 Å². The summed E-state index contributed by atoms with van der Waals surface area (Å²) in [5, 5.41) is 1.96. The van der Waals surface area contributed by atoms with Crippen LogP contribution in [0.15, 0.2) is 18.2 Å². The van der Waals surface area contributed by atoms with Crippen molar-refractivity contribution in [3.05, 3.63) is 23.8 Å².